The number of aromatic nitrogens is 6. The van der Waals surface area contributed by atoms with Gasteiger partial charge < -0.3 is 10.0 Å². The van der Waals surface area contributed by atoms with Crippen molar-refractivity contribution in [2.75, 3.05) is 0 Å². The van der Waals surface area contributed by atoms with Crippen LogP contribution in [0.4, 0.5) is 0 Å². The summed E-state index contributed by atoms with van der Waals surface area (Å²) in [6.45, 7) is 16.0. The Bertz CT molecular complexity index is 2180. The molecule has 0 saturated heterocycles. The molecule has 0 saturated carbocycles. The van der Waals surface area contributed by atoms with E-state index in [1.807, 2.05) is 168 Å². The molecular formula is C44H52BBrI2N6O2V. The Hall–Kier alpha value is -3.37. The molecule has 0 radical (unpaired) electrons. The summed E-state index contributed by atoms with van der Waals surface area (Å²) in [6.07, 6.45) is 10.6. The molecule has 6 aromatic heterocycles. The first kappa shape index (κ1) is 51.6. The van der Waals surface area contributed by atoms with Crippen LogP contribution in [0.25, 0.3) is 44.7 Å². The zero-order valence-electron chi connectivity index (χ0n) is 33.7. The molecule has 0 aliphatic heterocycles. The van der Waals surface area contributed by atoms with E-state index in [1.165, 1.54) is 12.4 Å². The average molecular weight is 1090 g/mol. The van der Waals surface area contributed by atoms with Crippen LogP contribution < -0.4 is 5.46 Å². The van der Waals surface area contributed by atoms with E-state index in [9.17, 15) is 0 Å². The van der Waals surface area contributed by atoms with Crippen molar-refractivity contribution in [3.63, 3.8) is 0 Å². The second kappa shape index (κ2) is 31.6. The Morgan fingerprint density at radius 2 is 0.895 bits per heavy atom. The van der Waals surface area contributed by atoms with Gasteiger partial charge in [0.2, 0.25) is 0 Å². The molecular weight excluding hydrogens is 1040 g/mol. The molecule has 57 heavy (non-hydrogen) atoms. The normalized spacial score (nSPS) is 9.14. The molecule has 0 bridgehead atoms. The van der Waals surface area contributed by atoms with E-state index < -0.39 is 7.12 Å². The summed E-state index contributed by atoms with van der Waals surface area (Å²) in [5, 5.41) is 26.4. The second-order valence-electron chi connectivity index (χ2n) is 10.1. The fourth-order valence-corrected chi connectivity index (χ4v) is 5.51. The van der Waals surface area contributed by atoms with Crippen LogP contribution in [0.1, 0.15) is 55.4 Å². The molecule has 0 amide bonds. The molecule has 0 spiro atoms. The third-order valence-corrected chi connectivity index (χ3v) is 7.87. The monoisotopic (exact) mass is 1090 g/mol. The minimum Gasteiger partial charge on any atom is -0.265 e. The van der Waals surface area contributed by atoms with Crippen LogP contribution >= 0.6 is 55.9 Å². The maximum atomic E-state index is 8.55. The number of rotatable bonds is 4. The van der Waals surface area contributed by atoms with Crippen molar-refractivity contribution in [3.8, 4) is 33.6 Å². The van der Waals surface area contributed by atoms with Crippen LogP contribution in [-0.4, -0.2) is 46.4 Å². The topological polar surface area (TPSA) is 101 Å². The van der Waals surface area contributed by atoms with Crippen molar-refractivity contribution in [1.82, 2.24) is 29.2 Å². The number of hydrogen-bond donors (Lipinski definition) is 2. The van der Waals surface area contributed by atoms with Gasteiger partial charge in [-0.1, -0.05) is 128 Å². The van der Waals surface area contributed by atoms with Crippen molar-refractivity contribution in [2.24, 2.45) is 0 Å². The first-order chi connectivity index (χ1) is 28.0. The van der Waals surface area contributed by atoms with Gasteiger partial charge >= 0.3 is 56.5 Å². The van der Waals surface area contributed by atoms with Crippen molar-refractivity contribution >= 4 is 79.5 Å². The molecule has 0 aliphatic carbocycles. The van der Waals surface area contributed by atoms with Crippen LogP contribution in [0.2, 0.25) is 0 Å². The van der Waals surface area contributed by atoms with Gasteiger partial charge in [0.25, 0.3) is 0 Å². The van der Waals surface area contributed by atoms with Crippen LogP contribution in [0.3, 0.4) is 0 Å². The standard InChI is InChI=1S/C18H13N3.C13H9BrN2.C5H6BNO2.4C2H6.2HI.V/c1-2-6-15(7-3-1)18-17(14-9-11-19-12-10-14)16-8-4-5-13-21(16)20-18;14-12-11-8-4-5-9-16(11)15-13(12)10-6-2-1-3-7-10;8-6(9)5-1-3-7-4-2-5;4*1-2;;;/h1-13H;1-9H;1-4,8-9H;4*1-2H3;2*1H;/q;;;;;;;;;+2/p-2. The van der Waals surface area contributed by atoms with Crippen LogP contribution in [-0.2, 0) is 9.47 Å². The number of hydrogen-bond acceptors (Lipinski definition) is 6. The van der Waals surface area contributed by atoms with E-state index in [2.05, 4.69) is 101 Å². The molecule has 0 atom stereocenters. The Balaban J connectivity index is 0.000000400. The smallest absolute Gasteiger partial charge is 0.101 e. The van der Waals surface area contributed by atoms with Gasteiger partial charge in [0.1, 0.15) is 11.4 Å². The van der Waals surface area contributed by atoms with Gasteiger partial charge in [-0.25, -0.2) is 9.03 Å². The second-order valence-corrected chi connectivity index (χ2v) is 22.7. The minimum absolute atomic E-state index is 0.463. The fourth-order valence-electron chi connectivity index (χ4n) is 4.88. The molecule has 13 heteroatoms. The minimum atomic E-state index is -1.38. The summed E-state index contributed by atoms with van der Waals surface area (Å²) in [6, 6.07) is 39.7. The Labute approximate surface area is 376 Å². The van der Waals surface area contributed by atoms with Gasteiger partial charge in [-0.05, 0) is 75.5 Å². The van der Waals surface area contributed by atoms with Crippen molar-refractivity contribution in [1.29, 1.82) is 0 Å². The maximum Gasteiger partial charge on any atom is 0.101 e. The number of pyridine rings is 4. The fraction of sp³-hybridized carbons (Fsp3) is 0.182. The Kier molecular flexibility index (Phi) is 28.6. The van der Waals surface area contributed by atoms with Crippen LogP contribution in [0.5, 0.6) is 0 Å². The third kappa shape index (κ3) is 16.4. The van der Waals surface area contributed by atoms with Gasteiger partial charge in [-0.3, -0.25) is 9.97 Å². The molecule has 8 nitrogen and oxygen atoms in total. The summed E-state index contributed by atoms with van der Waals surface area (Å²) in [5.74, 6) is 0. The molecule has 6 heterocycles. The van der Waals surface area contributed by atoms with E-state index in [0.29, 0.717) is 14.9 Å². The summed E-state index contributed by atoms with van der Waals surface area (Å²) in [5.41, 5.74) is 9.13. The first-order valence-electron chi connectivity index (χ1n) is 18.8. The number of nitrogens with zero attached hydrogens (tertiary/aromatic N) is 6. The van der Waals surface area contributed by atoms with Crippen LogP contribution in [0, 0.1) is 0 Å². The quantitative estimate of drug-likeness (QED) is 0.135. The first-order valence-corrected chi connectivity index (χ1v) is 28.6. The number of fused-ring (bicyclic) bond motifs is 2. The summed E-state index contributed by atoms with van der Waals surface area (Å²) in [4.78, 5) is 7.82. The molecule has 2 aromatic carbocycles. The average Bonchev–Trinajstić information content (AvgIpc) is 3.86. The summed E-state index contributed by atoms with van der Waals surface area (Å²) < 4.78 is 4.85. The zero-order chi connectivity index (χ0) is 42.4. The largest absolute Gasteiger partial charge is 0.265 e. The van der Waals surface area contributed by atoms with E-state index in [1.54, 1.807) is 12.1 Å². The van der Waals surface area contributed by atoms with Gasteiger partial charge in [0.05, 0.1) is 15.5 Å². The Morgan fingerprint density at radius 1 is 0.509 bits per heavy atom. The molecule has 0 aliphatic rings. The van der Waals surface area contributed by atoms with Gasteiger partial charge in [-0.2, -0.15) is 10.2 Å². The van der Waals surface area contributed by atoms with E-state index in [0.717, 1.165) is 49.1 Å². The number of benzene rings is 2. The maximum absolute atomic E-state index is 8.55. The molecule has 8 aromatic rings. The predicted octanol–water partition coefficient (Wildman–Crippen LogP) is 12.5. The van der Waals surface area contributed by atoms with Crippen molar-refractivity contribution in [3.05, 3.63) is 163 Å². The molecule has 0 fully saturated rings. The van der Waals surface area contributed by atoms with Gasteiger partial charge in [-0.15, -0.1) is 0 Å². The van der Waals surface area contributed by atoms with E-state index >= 15 is 0 Å². The molecule has 0 unspecified atom stereocenters. The SMILES string of the molecule is Brc1c(-c2ccccc2)nn2ccccc12.CC.CC.CC.CC.OB(O)c1ccncc1.[I][V][I].c1ccc(-c2nn3ccccc3c2-c2ccncc2)cc1. The van der Waals surface area contributed by atoms with Crippen LogP contribution in [0.15, 0.2) is 163 Å². The number of halogens is 3. The molecule has 299 valence electrons. The van der Waals surface area contributed by atoms with E-state index in [4.69, 9.17) is 15.1 Å². The van der Waals surface area contributed by atoms with E-state index in [-0.39, 0.29) is 0 Å². The van der Waals surface area contributed by atoms with Gasteiger partial charge in [0.15, 0.2) is 0 Å². The summed E-state index contributed by atoms with van der Waals surface area (Å²) >= 11 is 8.34. The van der Waals surface area contributed by atoms with Crippen molar-refractivity contribution in [2.45, 2.75) is 55.4 Å². The Morgan fingerprint density at radius 3 is 1.33 bits per heavy atom. The third-order valence-electron chi connectivity index (χ3n) is 7.09. The molecule has 2 N–H and O–H groups in total. The molecule has 8 rings (SSSR count). The predicted molar refractivity (Wildman–Crippen MR) is 260 cm³/mol. The zero-order valence-corrected chi connectivity index (χ0v) is 41.0. The van der Waals surface area contributed by atoms with Gasteiger partial charge in [0, 0.05) is 53.9 Å². The van der Waals surface area contributed by atoms with Crippen molar-refractivity contribution < 1.29 is 19.5 Å². The summed E-state index contributed by atoms with van der Waals surface area (Å²) in [7, 11) is -0.754.